The minimum absolute atomic E-state index is 0.0678. The molecule has 14 heteroatoms. The standard InChI is InChI=1S/C26H23F9N2O2S/c27-24(28,29)20-7-2-1-6-17(20)15-8-9-18-19(22(25(30,31)32)36-40(38,39)16-4-3-5-16)13-37(21(18)12-15)14-23(10-11-23)26(33,34)35/h1-2,6-9,12-13,16,22,36H,3-5,10-11,14H2/t22-/m0/s1. The summed E-state index contributed by atoms with van der Waals surface area (Å²) in [6.07, 6.45) is -13.4. The average Bonchev–Trinajstić information content (AvgIpc) is 3.51. The molecule has 0 unspecified atom stereocenters. The molecule has 0 spiro atoms. The van der Waals surface area contributed by atoms with Crippen molar-refractivity contribution in [3.8, 4) is 11.1 Å². The number of aromatic nitrogens is 1. The summed E-state index contributed by atoms with van der Waals surface area (Å²) in [5.41, 5.74) is -4.39. The Bertz CT molecular complexity index is 1530. The molecule has 2 aromatic carbocycles. The Hall–Kier alpha value is -2.74. The highest BCUT2D eigenvalue weighted by Gasteiger charge is 2.63. The molecule has 1 heterocycles. The predicted octanol–water partition coefficient (Wildman–Crippen LogP) is 7.74. The van der Waals surface area contributed by atoms with Gasteiger partial charge in [0.2, 0.25) is 10.0 Å². The maximum absolute atomic E-state index is 14.3. The number of hydrogen-bond donors (Lipinski definition) is 1. The van der Waals surface area contributed by atoms with Crippen molar-refractivity contribution >= 4 is 20.9 Å². The van der Waals surface area contributed by atoms with Gasteiger partial charge in [0.25, 0.3) is 0 Å². The van der Waals surface area contributed by atoms with Gasteiger partial charge in [-0.2, -0.15) is 44.2 Å². The van der Waals surface area contributed by atoms with E-state index in [1.54, 1.807) is 4.72 Å². The van der Waals surface area contributed by atoms with Gasteiger partial charge in [-0.3, -0.25) is 0 Å². The molecule has 4 nitrogen and oxygen atoms in total. The van der Waals surface area contributed by atoms with Gasteiger partial charge >= 0.3 is 18.5 Å². The molecule has 1 aromatic heterocycles. The van der Waals surface area contributed by atoms with Crippen molar-refractivity contribution in [2.45, 2.75) is 68.5 Å². The smallest absolute Gasteiger partial charge is 0.346 e. The lowest BCUT2D eigenvalue weighted by molar-refractivity contribution is -0.190. The van der Waals surface area contributed by atoms with Crippen LogP contribution in [0.2, 0.25) is 0 Å². The van der Waals surface area contributed by atoms with Crippen LogP contribution in [0.5, 0.6) is 0 Å². The van der Waals surface area contributed by atoms with Gasteiger partial charge < -0.3 is 4.57 Å². The first kappa shape index (κ1) is 28.8. The molecule has 5 rings (SSSR count). The van der Waals surface area contributed by atoms with Crippen LogP contribution < -0.4 is 4.72 Å². The molecule has 0 radical (unpaired) electrons. The number of benzene rings is 2. The van der Waals surface area contributed by atoms with E-state index in [0.717, 1.165) is 47.2 Å². The normalized spacial score (nSPS) is 19.0. The summed E-state index contributed by atoms with van der Waals surface area (Å²) in [5.74, 6) is 0. The van der Waals surface area contributed by atoms with Crippen LogP contribution in [0.15, 0.2) is 48.7 Å². The fourth-order valence-electron chi connectivity index (χ4n) is 5.09. The fourth-order valence-corrected chi connectivity index (χ4v) is 6.82. The minimum atomic E-state index is -5.15. The number of hydrogen-bond acceptors (Lipinski definition) is 2. The number of rotatable bonds is 7. The molecule has 0 aliphatic heterocycles. The number of fused-ring (bicyclic) bond motifs is 1. The van der Waals surface area contributed by atoms with Gasteiger partial charge in [-0.1, -0.05) is 36.8 Å². The van der Waals surface area contributed by atoms with Crippen LogP contribution in [0.4, 0.5) is 39.5 Å². The van der Waals surface area contributed by atoms with Crippen LogP contribution in [0.25, 0.3) is 22.0 Å². The number of sulfonamides is 1. The summed E-state index contributed by atoms with van der Waals surface area (Å²) in [6.45, 7) is -0.767. The molecule has 40 heavy (non-hydrogen) atoms. The molecule has 3 aromatic rings. The lowest BCUT2D eigenvalue weighted by Crippen LogP contribution is -2.44. The zero-order valence-electron chi connectivity index (χ0n) is 20.6. The Balaban J connectivity index is 1.68. The second kappa shape index (κ2) is 9.40. The van der Waals surface area contributed by atoms with Crippen molar-refractivity contribution in [2.75, 3.05) is 0 Å². The second-order valence-electron chi connectivity index (χ2n) is 10.5. The van der Waals surface area contributed by atoms with Crippen LogP contribution in [-0.2, 0) is 22.7 Å². The van der Waals surface area contributed by atoms with Gasteiger partial charge in [0, 0.05) is 29.2 Å². The van der Waals surface area contributed by atoms with Gasteiger partial charge in [-0.25, -0.2) is 8.42 Å². The zero-order chi connectivity index (χ0) is 29.3. The Morgan fingerprint density at radius 3 is 2.12 bits per heavy atom. The molecule has 2 aliphatic rings. The Labute approximate surface area is 223 Å². The number of nitrogens with one attached hydrogen (secondary N) is 1. The summed E-state index contributed by atoms with van der Waals surface area (Å²) in [4.78, 5) is 0. The fraction of sp³-hybridized carbons (Fsp3) is 0.462. The van der Waals surface area contributed by atoms with E-state index in [1.807, 2.05) is 0 Å². The summed E-state index contributed by atoms with van der Waals surface area (Å²) >= 11 is 0. The first-order valence-electron chi connectivity index (χ1n) is 12.4. The first-order chi connectivity index (χ1) is 18.4. The van der Waals surface area contributed by atoms with Gasteiger partial charge in [0.15, 0.2) is 0 Å². The predicted molar refractivity (Wildman–Crippen MR) is 129 cm³/mol. The molecule has 2 fully saturated rings. The van der Waals surface area contributed by atoms with Crippen LogP contribution in [0.1, 0.15) is 49.3 Å². The zero-order valence-corrected chi connectivity index (χ0v) is 21.4. The highest BCUT2D eigenvalue weighted by atomic mass is 32.2. The third kappa shape index (κ3) is 5.19. The van der Waals surface area contributed by atoms with E-state index in [1.165, 1.54) is 6.07 Å². The van der Waals surface area contributed by atoms with Crippen molar-refractivity contribution in [1.82, 2.24) is 9.29 Å². The quantitative estimate of drug-likeness (QED) is 0.283. The summed E-state index contributed by atoms with van der Waals surface area (Å²) in [5, 5.41) is -1.24. The number of nitrogens with zero attached hydrogens (tertiary/aromatic N) is 1. The number of halogens is 9. The Kier molecular flexibility index (Phi) is 6.76. The number of alkyl halides is 9. The maximum Gasteiger partial charge on any atom is 0.417 e. The summed E-state index contributed by atoms with van der Waals surface area (Å²) < 4.78 is 153. The van der Waals surface area contributed by atoms with E-state index in [4.69, 9.17) is 0 Å². The third-order valence-corrected chi connectivity index (χ3v) is 9.71. The largest absolute Gasteiger partial charge is 0.417 e. The minimum Gasteiger partial charge on any atom is -0.346 e. The van der Waals surface area contributed by atoms with Gasteiger partial charge in [-0.15, -0.1) is 0 Å². The average molecular weight is 599 g/mol. The molecular formula is C26H23F9N2O2S. The molecule has 0 bridgehead atoms. The van der Waals surface area contributed by atoms with Crippen molar-refractivity contribution in [3.05, 3.63) is 59.8 Å². The highest BCUT2D eigenvalue weighted by molar-refractivity contribution is 7.90. The van der Waals surface area contributed by atoms with Crippen molar-refractivity contribution in [3.63, 3.8) is 0 Å². The van der Waals surface area contributed by atoms with E-state index >= 15 is 0 Å². The Morgan fingerprint density at radius 1 is 0.950 bits per heavy atom. The molecule has 2 aliphatic carbocycles. The molecule has 218 valence electrons. The van der Waals surface area contributed by atoms with Crippen LogP contribution in [0.3, 0.4) is 0 Å². The van der Waals surface area contributed by atoms with E-state index < -0.39 is 62.9 Å². The topological polar surface area (TPSA) is 51.1 Å². The van der Waals surface area contributed by atoms with Crippen LogP contribution in [-0.4, -0.2) is 30.6 Å². The second-order valence-corrected chi connectivity index (χ2v) is 12.4. The van der Waals surface area contributed by atoms with E-state index in [-0.39, 0.29) is 47.7 Å². The lowest BCUT2D eigenvalue weighted by Gasteiger charge is -2.29. The molecule has 2 saturated carbocycles. The van der Waals surface area contributed by atoms with Crippen molar-refractivity contribution in [2.24, 2.45) is 5.41 Å². The first-order valence-corrected chi connectivity index (χ1v) is 13.9. The van der Waals surface area contributed by atoms with Crippen LogP contribution >= 0.6 is 0 Å². The van der Waals surface area contributed by atoms with Gasteiger partial charge in [-0.05, 0) is 48.9 Å². The third-order valence-electron chi connectivity index (χ3n) is 7.80. The summed E-state index contributed by atoms with van der Waals surface area (Å²) in [7, 11) is -4.42. The summed E-state index contributed by atoms with van der Waals surface area (Å²) in [6, 6.07) is 5.05. The maximum atomic E-state index is 14.3. The molecule has 0 amide bonds. The van der Waals surface area contributed by atoms with Gasteiger partial charge in [0.05, 0.1) is 16.2 Å². The van der Waals surface area contributed by atoms with E-state index in [2.05, 4.69) is 0 Å². The molecule has 1 N–H and O–H groups in total. The SMILES string of the molecule is O=S(=O)(N[C@@H](c1cn(CC2(C(F)(F)F)CC2)c2cc(-c3ccccc3C(F)(F)F)ccc12)C(F)(F)F)C1CCC1. The highest BCUT2D eigenvalue weighted by Crippen LogP contribution is 2.59. The van der Waals surface area contributed by atoms with Gasteiger partial charge in [0.1, 0.15) is 6.04 Å². The molecule has 1 atom stereocenters. The van der Waals surface area contributed by atoms with E-state index in [9.17, 15) is 47.9 Å². The Morgan fingerprint density at radius 2 is 1.60 bits per heavy atom. The van der Waals surface area contributed by atoms with Crippen molar-refractivity contribution in [1.29, 1.82) is 0 Å². The van der Waals surface area contributed by atoms with E-state index in [0.29, 0.717) is 6.42 Å². The monoisotopic (exact) mass is 598 g/mol. The lowest BCUT2D eigenvalue weighted by atomic mass is 9.97. The molecule has 0 saturated heterocycles. The van der Waals surface area contributed by atoms with Crippen LogP contribution in [0, 0.1) is 5.41 Å². The molecular weight excluding hydrogens is 575 g/mol. The van der Waals surface area contributed by atoms with Crippen molar-refractivity contribution < 1.29 is 47.9 Å².